The molecule has 0 spiro atoms. The first-order valence-electron chi connectivity index (χ1n) is 7.37. The number of nitrogens with two attached hydrogens (primary N) is 1. The molecule has 0 aliphatic carbocycles. The van der Waals surface area contributed by atoms with Crippen LogP contribution in [-0.4, -0.2) is 22.8 Å². The van der Waals surface area contributed by atoms with Gasteiger partial charge >= 0.3 is 0 Å². The van der Waals surface area contributed by atoms with Gasteiger partial charge < -0.3 is 11.1 Å². The van der Waals surface area contributed by atoms with Crippen molar-refractivity contribution in [3.05, 3.63) is 47.0 Å². The normalized spacial score (nSPS) is 18.5. The summed E-state index contributed by atoms with van der Waals surface area (Å²) in [5.41, 5.74) is 8.41. The van der Waals surface area contributed by atoms with Gasteiger partial charge in [-0.3, -0.25) is 0 Å². The Bertz CT molecular complexity index is 606. The third-order valence-electron chi connectivity index (χ3n) is 3.79. The molecule has 5 heteroatoms. The first-order valence-corrected chi connectivity index (χ1v) is 8.18. The van der Waals surface area contributed by atoms with Gasteiger partial charge in [0.2, 0.25) is 5.13 Å². The molecule has 1 atom stereocenters. The number of aryl methyl sites for hydroxylation is 1. The molecule has 2 heterocycles. The number of hydrogen-bond donors (Lipinski definition) is 2. The number of nitrogens with one attached hydrogen (secondary N) is 1. The minimum atomic E-state index is 0.551. The molecule has 1 aromatic carbocycles. The fourth-order valence-corrected chi connectivity index (χ4v) is 3.38. The summed E-state index contributed by atoms with van der Waals surface area (Å²) in [6.45, 7) is 0.959. The van der Waals surface area contributed by atoms with E-state index in [2.05, 4.69) is 51.9 Å². The van der Waals surface area contributed by atoms with Gasteiger partial charge in [-0.25, -0.2) is 0 Å². The Morgan fingerprint density at radius 1 is 1.24 bits per heavy atom. The van der Waals surface area contributed by atoms with Crippen LogP contribution in [0.4, 0.5) is 5.13 Å². The highest BCUT2D eigenvalue weighted by atomic mass is 32.1. The van der Waals surface area contributed by atoms with Crippen molar-refractivity contribution in [2.75, 3.05) is 12.3 Å². The van der Waals surface area contributed by atoms with E-state index < -0.39 is 0 Å². The number of hydrogen-bond acceptors (Lipinski definition) is 5. The third-order valence-corrected chi connectivity index (χ3v) is 4.60. The second-order valence-electron chi connectivity index (χ2n) is 5.33. The van der Waals surface area contributed by atoms with Gasteiger partial charge in [-0.2, -0.15) is 0 Å². The highest BCUT2D eigenvalue weighted by molar-refractivity contribution is 7.15. The Labute approximate surface area is 129 Å². The van der Waals surface area contributed by atoms with E-state index in [9.17, 15) is 0 Å². The van der Waals surface area contributed by atoms with Crippen LogP contribution in [0.15, 0.2) is 36.4 Å². The smallest absolute Gasteiger partial charge is 0.203 e. The molecular formula is C16H20N4S. The molecule has 0 bridgehead atoms. The summed E-state index contributed by atoms with van der Waals surface area (Å²) < 4.78 is 0. The van der Waals surface area contributed by atoms with Gasteiger partial charge in [-0.1, -0.05) is 47.7 Å². The largest absolute Gasteiger partial charge is 0.374 e. The number of anilines is 1. The summed E-state index contributed by atoms with van der Waals surface area (Å²) in [5.74, 6) is 0. The van der Waals surface area contributed by atoms with Crippen LogP contribution in [0.3, 0.4) is 0 Å². The van der Waals surface area contributed by atoms with Gasteiger partial charge in [0.05, 0.1) is 0 Å². The van der Waals surface area contributed by atoms with Gasteiger partial charge in [0, 0.05) is 19.0 Å². The maximum atomic E-state index is 5.60. The molecule has 0 saturated carbocycles. The Morgan fingerprint density at radius 3 is 2.86 bits per heavy atom. The molecule has 3 N–H and O–H groups in total. The Hall–Kier alpha value is -1.72. The lowest BCUT2D eigenvalue weighted by atomic mass is 9.93. The third kappa shape index (κ3) is 3.89. The lowest BCUT2D eigenvalue weighted by molar-refractivity contribution is 0.485. The summed E-state index contributed by atoms with van der Waals surface area (Å²) in [7, 11) is 0. The summed E-state index contributed by atoms with van der Waals surface area (Å²) in [6, 6.07) is 11.2. The molecule has 0 fully saturated rings. The number of aromatic nitrogens is 2. The Morgan fingerprint density at radius 2 is 2.10 bits per heavy atom. The molecule has 3 rings (SSSR count). The molecular weight excluding hydrogens is 280 g/mol. The van der Waals surface area contributed by atoms with Crippen LogP contribution < -0.4 is 11.1 Å². The van der Waals surface area contributed by atoms with E-state index in [0.29, 0.717) is 11.2 Å². The van der Waals surface area contributed by atoms with E-state index in [-0.39, 0.29) is 0 Å². The monoisotopic (exact) mass is 300 g/mol. The second kappa shape index (κ2) is 6.83. The first kappa shape index (κ1) is 14.2. The van der Waals surface area contributed by atoms with Crippen LogP contribution in [0.5, 0.6) is 0 Å². The lowest BCUT2D eigenvalue weighted by Crippen LogP contribution is -2.32. The summed E-state index contributed by atoms with van der Waals surface area (Å²) >= 11 is 1.50. The Kier molecular flexibility index (Phi) is 4.62. The van der Waals surface area contributed by atoms with Crippen molar-refractivity contribution < 1.29 is 0 Å². The van der Waals surface area contributed by atoms with E-state index in [1.54, 1.807) is 0 Å². The molecule has 0 amide bonds. The molecule has 1 aromatic heterocycles. The molecule has 0 saturated heterocycles. The zero-order chi connectivity index (χ0) is 14.5. The van der Waals surface area contributed by atoms with E-state index >= 15 is 0 Å². The maximum Gasteiger partial charge on any atom is 0.203 e. The van der Waals surface area contributed by atoms with Crippen LogP contribution in [0.2, 0.25) is 0 Å². The van der Waals surface area contributed by atoms with Gasteiger partial charge in [0.1, 0.15) is 5.01 Å². The Balaban J connectivity index is 1.50. The summed E-state index contributed by atoms with van der Waals surface area (Å²) in [4.78, 5) is 0. The minimum absolute atomic E-state index is 0.551. The predicted octanol–water partition coefficient (Wildman–Crippen LogP) is 2.89. The minimum Gasteiger partial charge on any atom is -0.374 e. The SMILES string of the molecule is Nc1nnc(CCCC2CC(c3ccccc3)=CCN2)s1. The van der Waals surface area contributed by atoms with E-state index in [4.69, 9.17) is 5.73 Å². The van der Waals surface area contributed by atoms with Crippen molar-refractivity contribution in [3.8, 4) is 0 Å². The average Bonchev–Trinajstić information content (AvgIpc) is 2.94. The van der Waals surface area contributed by atoms with Gasteiger partial charge in [-0.15, -0.1) is 10.2 Å². The second-order valence-corrected chi connectivity index (χ2v) is 6.42. The number of rotatable bonds is 5. The topological polar surface area (TPSA) is 63.8 Å². The molecule has 1 aliphatic rings. The van der Waals surface area contributed by atoms with Gasteiger partial charge in [0.25, 0.3) is 0 Å². The lowest BCUT2D eigenvalue weighted by Gasteiger charge is -2.24. The molecule has 0 radical (unpaired) electrons. The highest BCUT2D eigenvalue weighted by Gasteiger charge is 2.15. The quantitative estimate of drug-likeness (QED) is 0.891. The van der Waals surface area contributed by atoms with Crippen molar-refractivity contribution in [2.45, 2.75) is 31.7 Å². The van der Waals surface area contributed by atoms with Crippen molar-refractivity contribution in [1.82, 2.24) is 15.5 Å². The fraction of sp³-hybridized carbons (Fsp3) is 0.375. The molecule has 1 unspecified atom stereocenters. The van der Waals surface area contributed by atoms with Crippen LogP contribution in [0, 0.1) is 0 Å². The van der Waals surface area contributed by atoms with Crippen molar-refractivity contribution in [2.24, 2.45) is 0 Å². The van der Waals surface area contributed by atoms with E-state index in [1.165, 1.54) is 22.5 Å². The van der Waals surface area contributed by atoms with Crippen LogP contribution in [-0.2, 0) is 6.42 Å². The number of nitrogen functional groups attached to an aromatic ring is 1. The molecule has 110 valence electrons. The number of nitrogens with zero attached hydrogens (tertiary/aromatic N) is 2. The standard InChI is InChI=1S/C16H20N4S/c17-16-20-19-15(21-16)8-4-7-14-11-13(9-10-18-14)12-5-2-1-3-6-12/h1-3,5-6,9,14,18H,4,7-8,10-11H2,(H2,17,20). The predicted molar refractivity (Wildman–Crippen MR) is 88.1 cm³/mol. The molecule has 1 aliphatic heterocycles. The van der Waals surface area contributed by atoms with Crippen molar-refractivity contribution >= 4 is 22.0 Å². The zero-order valence-corrected chi connectivity index (χ0v) is 12.8. The average molecular weight is 300 g/mol. The summed E-state index contributed by atoms with van der Waals surface area (Å²) in [5, 5.41) is 13.1. The molecule has 4 nitrogen and oxygen atoms in total. The van der Waals surface area contributed by atoms with Crippen molar-refractivity contribution in [1.29, 1.82) is 0 Å². The van der Waals surface area contributed by atoms with Crippen LogP contribution in [0.25, 0.3) is 5.57 Å². The maximum absolute atomic E-state index is 5.60. The van der Waals surface area contributed by atoms with Crippen LogP contribution >= 0.6 is 11.3 Å². The van der Waals surface area contributed by atoms with E-state index in [1.807, 2.05) is 0 Å². The highest BCUT2D eigenvalue weighted by Crippen LogP contribution is 2.24. The van der Waals surface area contributed by atoms with Crippen LogP contribution in [0.1, 0.15) is 29.8 Å². The summed E-state index contributed by atoms with van der Waals surface area (Å²) in [6.07, 6.45) is 6.65. The first-order chi connectivity index (χ1) is 10.3. The van der Waals surface area contributed by atoms with Crippen molar-refractivity contribution in [3.63, 3.8) is 0 Å². The van der Waals surface area contributed by atoms with Gasteiger partial charge in [-0.05, 0) is 30.4 Å². The van der Waals surface area contributed by atoms with E-state index in [0.717, 1.165) is 37.2 Å². The zero-order valence-electron chi connectivity index (χ0n) is 12.0. The molecule has 2 aromatic rings. The van der Waals surface area contributed by atoms with Gasteiger partial charge in [0.15, 0.2) is 0 Å². The number of benzene rings is 1. The fourth-order valence-electron chi connectivity index (χ4n) is 2.73. The molecule has 21 heavy (non-hydrogen) atoms.